The molecule has 0 heterocycles. The SMILES string of the molecule is O/N=C(/c1ccccc1)c1ccc(OCc2ccccc2)cc1. The molecule has 0 spiro atoms. The molecule has 0 aliphatic rings. The van der Waals surface area contributed by atoms with Crippen LogP contribution in [-0.2, 0) is 6.61 Å². The molecule has 3 heteroatoms. The maximum absolute atomic E-state index is 9.31. The number of hydrogen-bond donors (Lipinski definition) is 1. The van der Waals surface area contributed by atoms with Crippen molar-refractivity contribution in [1.82, 2.24) is 0 Å². The zero-order valence-electron chi connectivity index (χ0n) is 12.6. The monoisotopic (exact) mass is 303 g/mol. The molecule has 0 radical (unpaired) electrons. The molecular formula is C20H17NO2. The second-order valence-corrected chi connectivity index (χ2v) is 5.11. The lowest BCUT2D eigenvalue weighted by molar-refractivity contribution is 0.306. The van der Waals surface area contributed by atoms with Crippen LogP contribution in [0.1, 0.15) is 16.7 Å². The van der Waals surface area contributed by atoms with Crippen LogP contribution in [0.3, 0.4) is 0 Å². The molecule has 0 aliphatic carbocycles. The summed E-state index contributed by atoms with van der Waals surface area (Å²) in [6.45, 7) is 0.528. The predicted molar refractivity (Wildman–Crippen MR) is 91.1 cm³/mol. The van der Waals surface area contributed by atoms with Crippen LogP contribution in [-0.4, -0.2) is 10.9 Å². The van der Waals surface area contributed by atoms with Crippen molar-refractivity contribution in [3.63, 3.8) is 0 Å². The maximum atomic E-state index is 9.31. The molecule has 0 saturated heterocycles. The third-order valence-electron chi connectivity index (χ3n) is 3.52. The van der Waals surface area contributed by atoms with Crippen LogP contribution >= 0.6 is 0 Å². The summed E-state index contributed by atoms with van der Waals surface area (Å²) >= 11 is 0. The topological polar surface area (TPSA) is 41.8 Å². The normalized spacial score (nSPS) is 11.2. The van der Waals surface area contributed by atoms with Crippen molar-refractivity contribution in [3.05, 3.63) is 102 Å². The van der Waals surface area contributed by atoms with Gasteiger partial charge in [0.1, 0.15) is 18.1 Å². The van der Waals surface area contributed by atoms with E-state index in [1.165, 1.54) is 0 Å². The molecule has 0 fully saturated rings. The standard InChI is InChI=1S/C20H17NO2/c22-21-20(17-9-5-2-6-10-17)18-11-13-19(14-12-18)23-15-16-7-3-1-4-8-16/h1-14,22H,15H2/b21-20-. The van der Waals surface area contributed by atoms with Crippen LogP contribution in [0.4, 0.5) is 0 Å². The summed E-state index contributed by atoms with van der Waals surface area (Å²) in [5, 5.41) is 12.7. The van der Waals surface area contributed by atoms with Crippen LogP contribution in [0.15, 0.2) is 90.1 Å². The second kappa shape index (κ2) is 7.27. The molecule has 3 nitrogen and oxygen atoms in total. The molecule has 1 N–H and O–H groups in total. The van der Waals surface area contributed by atoms with E-state index in [4.69, 9.17) is 4.74 Å². The molecule has 0 amide bonds. The van der Waals surface area contributed by atoms with Gasteiger partial charge in [0.2, 0.25) is 0 Å². The van der Waals surface area contributed by atoms with Crippen molar-refractivity contribution >= 4 is 5.71 Å². The van der Waals surface area contributed by atoms with Gasteiger partial charge in [-0.2, -0.15) is 0 Å². The van der Waals surface area contributed by atoms with Gasteiger partial charge in [0, 0.05) is 11.1 Å². The summed E-state index contributed by atoms with van der Waals surface area (Å²) in [5.74, 6) is 0.781. The summed E-state index contributed by atoms with van der Waals surface area (Å²) in [4.78, 5) is 0. The molecular weight excluding hydrogens is 286 g/mol. The van der Waals surface area contributed by atoms with Gasteiger partial charge in [-0.3, -0.25) is 0 Å². The van der Waals surface area contributed by atoms with Gasteiger partial charge in [-0.05, 0) is 29.8 Å². The average molecular weight is 303 g/mol. The van der Waals surface area contributed by atoms with Gasteiger partial charge in [-0.25, -0.2) is 0 Å². The average Bonchev–Trinajstić information content (AvgIpc) is 2.63. The molecule has 3 aromatic rings. The van der Waals surface area contributed by atoms with E-state index in [0.29, 0.717) is 12.3 Å². The summed E-state index contributed by atoms with van der Waals surface area (Å²) in [6, 6.07) is 27.2. The molecule has 114 valence electrons. The minimum Gasteiger partial charge on any atom is -0.489 e. The first kappa shape index (κ1) is 14.9. The lowest BCUT2D eigenvalue weighted by atomic mass is 10.0. The lowest BCUT2D eigenvalue weighted by Crippen LogP contribution is -2.03. The Kier molecular flexibility index (Phi) is 4.69. The predicted octanol–water partition coefficient (Wildman–Crippen LogP) is 4.49. The molecule has 3 aromatic carbocycles. The minimum absolute atomic E-state index is 0.528. The van der Waals surface area contributed by atoms with Crippen molar-refractivity contribution in [1.29, 1.82) is 0 Å². The summed E-state index contributed by atoms with van der Waals surface area (Å²) in [6.07, 6.45) is 0. The Morgan fingerprint density at radius 3 is 1.91 bits per heavy atom. The van der Waals surface area contributed by atoms with Crippen molar-refractivity contribution in [2.45, 2.75) is 6.61 Å². The Balaban J connectivity index is 1.72. The van der Waals surface area contributed by atoms with Crippen LogP contribution in [0, 0.1) is 0 Å². The van der Waals surface area contributed by atoms with E-state index in [2.05, 4.69) is 5.16 Å². The Bertz CT molecular complexity index is 766. The van der Waals surface area contributed by atoms with Gasteiger partial charge in [-0.15, -0.1) is 0 Å². The third-order valence-corrected chi connectivity index (χ3v) is 3.52. The highest BCUT2D eigenvalue weighted by Crippen LogP contribution is 2.17. The minimum atomic E-state index is 0.528. The molecule has 0 atom stereocenters. The Morgan fingerprint density at radius 1 is 0.739 bits per heavy atom. The number of ether oxygens (including phenoxy) is 1. The van der Waals surface area contributed by atoms with Crippen molar-refractivity contribution in [2.75, 3.05) is 0 Å². The fraction of sp³-hybridized carbons (Fsp3) is 0.0500. The molecule has 23 heavy (non-hydrogen) atoms. The first-order valence-corrected chi connectivity index (χ1v) is 7.41. The third kappa shape index (κ3) is 3.77. The maximum Gasteiger partial charge on any atom is 0.119 e. The Labute approximate surface area is 135 Å². The smallest absolute Gasteiger partial charge is 0.119 e. The molecule has 0 saturated carbocycles. The van der Waals surface area contributed by atoms with Gasteiger partial charge < -0.3 is 9.94 Å². The number of rotatable bonds is 5. The second-order valence-electron chi connectivity index (χ2n) is 5.11. The first-order chi connectivity index (χ1) is 11.4. The first-order valence-electron chi connectivity index (χ1n) is 7.41. The largest absolute Gasteiger partial charge is 0.489 e. The van der Waals surface area contributed by atoms with E-state index in [1.54, 1.807) is 0 Å². The fourth-order valence-corrected chi connectivity index (χ4v) is 2.33. The highest BCUT2D eigenvalue weighted by Gasteiger charge is 2.07. The molecule has 3 rings (SSSR count). The lowest BCUT2D eigenvalue weighted by Gasteiger charge is -2.08. The number of nitrogens with zero attached hydrogens (tertiary/aromatic N) is 1. The summed E-state index contributed by atoms with van der Waals surface area (Å²) in [5.41, 5.74) is 3.37. The van der Waals surface area contributed by atoms with E-state index in [0.717, 1.165) is 22.4 Å². The molecule has 0 bridgehead atoms. The van der Waals surface area contributed by atoms with Gasteiger partial charge in [-0.1, -0.05) is 65.8 Å². The van der Waals surface area contributed by atoms with E-state index >= 15 is 0 Å². The van der Waals surface area contributed by atoms with Gasteiger partial charge in [0.25, 0.3) is 0 Å². The fourth-order valence-electron chi connectivity index (χ4n) is 2.33. The van der Waals surface area contributed by atoms with Crippen LogP contribution in [0.25, 0.3) is 0 Å². The number of oxime groups is 1. The summed E-state index contributed by atoms with van der Waals surface area (Å²) in [7, 11) is 0. The zero-order valence-corrected chi connectivity index (χ0v) is 12.6. The van der Waals surface area contributed by atoms with E-state index < -0.39 is 0 Å². The molecule has 0 unspecified atom stereocenters. The molecule has 0 aliphatic heterocycles. The van der Waals surface area contributed by atoms with Crippen molar-refractivity contribution in [2.24, 2.45) is 5.16 Å². The van der Waals surface area contributed by atoms with E-state index in [1.807, 2.05) is 84.9 Å². The van der Waals surface area contributed by atoms with E-state index in [-0.39, 0.29) is 0 Å². The molecule has 0 aromatic heterocycles. The van der Waals surface area contributed by atoms with Gasteiger partial charge in [0.15, 0.2) is 0 Å². The Morgan fingerprint density at radius 2 is 1.30 bits per heavy atom. The van der Waals surface area contributed by atoms with Crippen molar-refractivity contribution in [3.8, 4) is 5.75 Å². The highest BCUT2D eigenvalue weighted by atomic mass is 16.5. The number of benzene rings is 3. The van der Waals surface area contributed by atoms with Gasteiger partial charge in [0.05, 0.1) is 0 Å². The number of hydrogen-bond acceptors (Lipinski definition) is 3. The van der Waals surface area contributed by atoms with Gasteiger partial charge >= 0.3 is 0 Å². The van der Waals surface area contributed by atoms with E-state index in [9.17, 15) is 5.21 Å². The van der Waals surface area contributed by atoms with Crippen LogP contribution in [0.5, 0.6) is 5.75 Å². The zero-order chi connectivity index (χ0) is 15.9. The quantitative estimate of drug-likeness (QED) is 0.428. The highest BCUT2D eigenvalue weighted by molar-refractivity contribution is 6.12. The van der Waals surface area contributed by atoms with Crippen molar-refractivity contribution < 1.29 is 9.94 Å². The Hall–Kier alpha value is -3.07. The summed E-state index contributed by atoms with van der Waals surface area (Å²) < 4.78 is 5.76. The van der Waals surface area contributed by atoms with Crippen LogP contribution < -0.4 is 4.74 Å². The van der Waals surface area contributed by atoms with Crippen LogP contribution in [0.2, 0.25) is 0 Å².